The molecule has 1 N–H and O–H groups in total. The number of rotatable bonds is 4. The van der Waals surface area contributed by atoms with E-state index in [1.54, 1.807) is 7.05 Å². The standard InChI is InChI=1S/C19H33N7O2.HI/c1-19(2,3)17-22-15(23-28-17)13-21-18(20-4)26-11-9-24(10-12-26)14-16(27)25-7-5-6-8-25;/h5-14H2,1-4H3,(H,20,21);1H. The SMILES string of the molecule is CN=C(NCc1noc(C(C)(C)C)n1)N1CCN(CC(=O)N2CCCC2)CC1.I. The van der Waals surface area contributed by atoms with Crippen molar-refractivity contribution in [3.63, 3.8) is 0 Å². The molecule has 0 atom stereocenters. The number of carbonyl (C=O) groups is 1. The monoisotopic (exact) mass is 519 g/mol. The first kappa shape index (κ1) is 23.8. The van der Waals surface area contributed by atoms with Crippen LogP contribution in [0.5, 0.6) is 0 Å². The third-order valence-electron chi connectivity index (χ3n) is 5.22. The maximum absolute atomic E-state index is 12.3. The molecule has 3 rings (SSSR count). The van der Waals surface area contributed by atoms with Crippen molar-refractivity contribution in [1.82, 2.24) is 30.2 Å². The highest BCUT2D eigenvalue weighted by molar-refractivity contribution is 14.0. The van der Waals surface area contributed by atoms with Crippen LogP contribution in [0.15, 0.2) is 9.52 Å². The van der Waals surface area contributed by atoms with Gasteiger partial charge in [0.2, 0.25) is 11.8 Å². The van der Waals surface area contributed by atoms with Gasteiger partial charge in [0, 0.05) is 51.7 Å². The van der Waals surface area contributed by atoms with Crippen molar-refractivity contribution in [3.8, 4) is 0 Å². The van der Waals surface area contributed by atoms with Crippen LogP contribution < -0.4 is 5.32 Å². The summed E-state index contributed by atoms with van der Waals surface area (Å²) in [6, 6.07) is 0. The number of guanidine groups is 1. The first-order valence-corrected chi connectivity index (χ1v) is 10.2. The van der Waals surface area contributed by atoms with Crippen molar-refractivity contribution in [3.05, 3.63) is 11.7 Å². The summed E-state index contributed by atoms with van der Waals surface area (Å²) in [5.41, 5.74) is -0.157. The molecule has 2 saturated heterocycles. The number of nitrogens with zero attached hydrogens (tertiary/aromatic N) is 6. The summed E-state index contributed by atoms with van der Waals surface area (Å²) >= 11 is 0. The van der Waals surface area contributed by atoms with Gasteiger partial charge in [0.15, 0.2) is 11.8 Å². The lowest BCUT2D eigenvalue weighted by atomic mass is 9.97. The van der Waals surface area contributed by atoms with E-state index in [0.717, 1.165) is 58.1 Å². The van der Waals surface area contributed by atoms with Crippen LogP contribution in [-0.4, -0.2) is 89.6 Å². The van der Waals surface area contributed by atoms with Crippen LogP contribution >= 0.6 is 24.0 Å². The second-order valence-electron chi connectivity index (χ2n) is 8.52. The molecule has 0 aromatic carbocycles. The van der Waals surface area contributed by atoms with Gasteiger partial charge in [-0.15, -0.1) is 24.0 Å². The van der Waals surface area contributed by atoms with Gasteiger partial charge in [0.05, 0.1) is 13.1 Å². The maximum atomic E-state index is 12.3. The molecule has 1 amide bonds. The number of nitrogens with one attached hydrogen (secondary N) is 1. The van der Waals surface area contributed by atoms with Crippen LogP contribution in [-0.2, 0) is 16.8 Å². The van der Waals surface area contributed by atoms with Gasteiger partial charge in [-0.05, 0) is 12.8 Å². The van der Waals surface area contributed by atoms with Gasteiger partial charge >= 0.3 is 0 Å². The number of carbonyl (C=O) groups excluding carboxylic acids is 1. The molecular formula is C19H34IN7O2. The summed E-state index contributed by atoms with van der Waals surface area (Å²) < 4.78 is 5.34. The molecule has 10 heteroatoms. The number of hydrogen-bond donors (Lipinski definition) is 1. The Balaban J connectivity index is 0.00000300. The van der Waals surface area contributed by atoms with Gasteiger partial charge in [-0.3, -0.25) is 14.7 Å². The van der Waals surface area contributed by atoms with E-state index in [1.165, 1.54) is 0 Å². The second-order valence-corrected chi connectivity index (χ2v) is 8.52. The molecular weight excluding hydrogens is 485 g/mol. The van der Waals surface area contributed by atoms with Crippen LogP contribution in [0.3, 0.4) is 0 Å². The number of halogens is 1. The highest BCUT2D eigenvalue weighted by atomic mass is 127. The van der Waals surface area contributed by atoms with E-state index in [-0.39, 0.29) is 35.3 Å². The molecule has 0 saturated carbocycles. The molecule has 164 valence electrons. The smallest absolute Gasteiger partial charge is 0.236 e. The van der Waals surface area contributed by atoms with Crippen LogP contribution in [0.1, 0.15) is 45.3 Å². The Morgan fingerprint density at radius 1 is 1.10 bits per heavy atom. The number of amides is 1. The molecule has 0 aliphatic carbocycles. The van der Waals surface area contributed by atoms with E-state index in [1.807, 2.05) is 25.7 Å². The zero-order valence-corrected chi connectivity index (χ0v) is 20.3. The van der Waals surface area contributed by atoms with Gasteiger partial charge in [-0.2, -0.15) is 4.98 Å². The minimum Gasteiger partial charge on any atom is -0.349 e. The van der Waals surface area contributed by atoms with Crippen LogP contribution in [0.25, 0.3) is 0 Å². The largest absolute Gasteiger partial charge is 0.349 e. The van der Waals surface area contributed by atoms with Gasteiger partial charge in [-0.1, -0.05) is 25.9 Å². The summed E-state index contributed by atoms with van der Waals surface area (Å²) in [7, 11) is 1.78. The summed E-state index contributed by atoms with van der Waals surface area (Å²) in [4.78, 5) is 27.6. The Bertz CT molecular complexity index is 687. The van der Waals surface area contributed by atoms with E-state index in [2.05, 4.69) is 30.2 Å². The molecule has 2 aliphatic heterocycles. The topological polar surface area (TPSA) is 90.1 Å². The number of likely N-dealkylation sites (tertiary alicyclic amines) is 1. The number of aliphatic imine (C=N–C) groups is 1. The number of piperazine rings is 1. The van der Waals surface area contributed by atoms with Crippen LogP contribution in [0.4, 0.5) is 0 Å². The molecule has 3 heterocycles. The average molecular weight is 519 g/mol. The van der Waals surface area contributed by atoms with Crippen molar-refractivity contribution in [2.45, 2.75) is 45.6 Å². The van der Waals surface area contributed by atoms with Crippen LogP contribution in [0.2, 0.25) is 0 Å². The van der Waals surface area contributed by atoms with Crippen molar-refractivity contribution in [1.29, 1.82) is 0 Å². The molecule has 0 radical (unpaired) electrons. The molecule has 1 aromatic heterocycles. The first-order valence-electron chi connectivity index (χ1n) is 10.2. The molecule has 0 unspecified atom stereocenters. The highest BCUT2D eigenvalue weighted by Crippen LogP contribution is 2.19. The minimum absolute atomic E-state index is 0. The molecule has 1 aromatic rings. The molecule has 2 fully saturated rings. The summed E-state index contributed by atoms with van der Waals surface area (Å²) in [6.45, 7) is 12.4. The fraction of sp³-hybridized carbons (Fsp3) is 0.789. The zero-order chi connectivity index (χ0) is 20.1. The van der Waals surface area contributed by atoms with Gasteiger partial charge in [-0.25, -0.2) is 0 Å². The fourth-order valence-electron chi connectivity index (χ4n) is 3.50. The van der Waals surface area contributed by atoms with Crippen molar-refractivity contribution < 1.29 is 9.32 Å². The minimum atomic E-state index is -0.157. The van der Waals surface area contributed by atoms with Crippen molar-refractivity contribution >= 4 is 35.8 Å². The predicted molar refractivity (Wildman–Crippen MR) is 122 cm³/mol. The van der Waals surface area contributed by atoms with Gasteiger partial charge in [0.25, 0.3) is 0 Å². The predicted octanol–water partition coefficient (Wildman–Crippen LogP) is 1.30. The Morgan fingerprint density at radius 3 is 2.31 bits per heavy atom. The second kappa shape index (κ2) is 10.6. The number of hydrogen-bond acceptors (Lipinski definition) is 6. The molecule has 29 heavy (non-hydrogen) atoms. The fourth-order valence-corrected chi connectivity index (χ4v) is 3.50. The third kappa shape index (κ3) is 6.53. The Labute approximate surface area is 190 Å². The van der Waals surface area contributed by atoms with Crippen molar-refractivity contribution in [2.75, 3.05) is 52.9 Å². The quantitative estimate of drug-likeness (QED) is 0.365. The zero-order valence-electron chi connectivity index (χ0n) is 18.0. The molecule has 0 bridgehead atoms. The van der Waals surface area contributed by atoms with Gasteiger partial charge in [0.1, 0.15) is 0 Å². The number of aromatic nitrogens is 2. The average Bonchev–Trinajstić information content (AvgIpc) is 3.35. The molecule has 9 nitrogen and oxygen atoms in total. The third-order valence-corrected chi connectivity index (χ3v) is 5.22. The Kier molecular flexibility index (Phi) is 8.68. The first-order chi connectivity index (χ1) is 13.4. The molecule has 2 aliphatic rings. The van der Waals surface area contributed by atoms with Gasteiger partial charge < -0.3 is 19.6 Å². The molecule has 0 spiro atoms. The van der Waals surface area contributed by atoms with E-state index in [0.29, 0.717) is 24.8 Å². The summed E-state index contributed by atoms with van der Waals surface area (Å²) in [5.74, 6) is 2.35. The lowest BCUT2D eigenvalue weighted by molar-refractivity contribution is -0.131. The van der Waals surface area contributed by atoms with Crippen molar-refractivity contribution in [2.24, 2.45) is 4.99 Å². The van der Waals surface area contributed by atoms with E-state index in [9.17, 15) is 4.79 Å². The summed E-state index contributed by atoms with van der Waals surface area (Å²) in [5, 5.41) is 7.36. The summed E-state index contributed by atoms with van der Waals surface area (Å²) in [6.07, 6.45) is 2.28. The highest BCUT2D eigenvalue weighted by Gasteiger charge is 2.25. The van der Waals surface area contributed by atoms with E-state index < -0.39 is 0 Å². The lowest BCUT2D eigenvalue weighted by Gasteiger charge is -2.36. The van der Waals surface area contributed by atoms with Crippen LogP contribution in [0, 0.1) is 0 Å². The maximum Gasteiger partial charge on any atom is 0.236 e. The Hall–Kier alpha value is -1.43. The normalized spacial score (nSPS) is 18.7. The Morgan fingerprint density at radius 2 is 1.76 bits per heavy atom. The lowest BCUT2D eigenvalue weighted by Crippen LogP contribution is -2.54. The van der Waals surface area contributed by atoms with E-state index in [4.69, 9.17) is 4.52 Å². The van der Waals surface area contributed by atoms with E-state index >= 15 is 0 Å².